The van der Waals surface area contributed by atoms with Crippen LogP contribution in [0.25, 0.3) is 0 Å². The highest BCUT2D eigenvalue weighted by atomic mass is 32.2. The Labute approximate surface area is 100 Å². The second-order valence-corrected chi connectivity index (χ2v) is 6.73. The molecule has 0 aromatic carbocycles. The van der Waals surface area contributed by atoms with Crippen molar-refractivity contribution >= 4 is 21.4 Å². The zero-order chi connectivity index (χ0) is 12.2. The number of aliphatic hydroxyl groups is 1. The van der Waals surface area contributed by atoms with Gasteiger partial charge in [-0.05, 0) is 28.3 Å². The second kappa shape index (κ2) is 5.77. The summed E-state index contributed by atoms with van der Waals surface area (Å²) < 4.78 is 25.4. The first-order valence-electron chi connectivity index (χ1n) is 5.08. The van der Waals surface area contributed by atoms with Crippen molar-refractivity contribution in [2.45, 2.75) is 20.0 Å². The van der Waals surface area contributed by atoms with Crippen LogP contribution >= 0.6 is 11.3 Å². The Morgan fingerprint density at radius 3 is 2.69 bits per heavy atom. The molecule has 16 heavy (non-hydrogen) atoms. The lowest BCUT2D eigenvalue weighted by Gasteiger charge is -2.12. The van der Waals surface area contributed by atoms with E-state index in [0.717, 1.165) is 5.56 Å². The molecule has 2 N–H and O–H groups in total. The summed E-state index contributed by atoms with van der Waals surface area (Å²) in [7, 11) is -3.27. The highest BCUT2D eigenvalue weighted by Gasteiger charge is 2.15. The molecule has 0 spiro atoms. The highest BCUT2D eigenvalue weighted by Crippen LogP contribution is 2.15. The largest absolute Gasteiger partial charge is 0.387 e. The fourth-order valence-corrected chi connectivity index (χ4v) is 3.40. The number of rotatable bonds is 6. The van der Waals surface area contributed by atoms with Crippen LogP contribution in [0.3, 0.4) is 0 Å². The highest BCUT2D eigenvalue weighted by molar-refractivity contribution is 7.89. The van der Waals surface area contributed by atoms with Crippen LogP contribution < -0.4 is 4.72 Å². The number of nitrogens with one attached hydrogen (secondary N) is 1. The lowest BCUT2D eigenvalue weighted by atomic mass is 10.2. The first-order chi connectivity index (χ1) is 7.41. The topological polar surface area (TPSA) is 66.4 Å². The van der Waals surface area contributed by atoms with Crippen LogP contribution in [-0.2, 0) is 10.0 Å². The molecule has 0 amide bonds. The molecule has 0 saturated heterocycles. The van der Waals surface area contributed by atoms with Gasteiger partial charge in [0.05, 0.1) is 11.9 Å². The Kier molecular flexibility index (Phi) is 4.91. The van der Waals surface area contributed by atoms with Gasteiger partial charge in [-0.3, -0.25) is 0 Å². The van der Waals surface area contributed by atoms with Gasteiger partial charge in [-0.1, -0.05) is 13.8 Å². The van der Waals surface area contributed by atoms with Crippen molar-refractivity contribution in [3.05, 3.63) is 22.4 Å². The molecule has 0 aliphatic heterocycles. The molecule has 0 fully saturated rings. The van der Waals surface area contributed by atoms with Crippen molar-refractivity contribution < 1.29 is 13.5 Å². The van der Waals surface area contributed by atoms with Crippen LogP contribution in [0.1, 0.15) is 25.5 Å². The van der Waals surface area contributed by atoms with Gasteiger partial charge in [0.25, 0.3) is 0 Å². The third-order valence-electron chi connectivity index (χ3n) is 1.98. The summed E-state index contributed by atoms with van der Waals surface area (Å²) in [6, 6.07) is 1.78. The molecule has 1 aromatic rings. The van der Waals surface area contributed by atoms with E-state index >= 15 is 0 Å². The van der Waals surface area contributed by atoms with E-state index < -0.39 is 16.1 Å². The third kappa shape index (κ3) is 4.61. The zero-order valence-corrected chi connectivity index (χ0v) is 11.0. The summed E-state index contributed by atoms with van der Waals surface area (Å²) >= 11 is 1.47. The van der Waals surface area contributed by atoms with Crippen molar-refractivity contribution in [2.75, 3.05) is 12.3 Å². The summed E-state index contributed by atoms with van der Waals surface area (Å²) in [5.41, 5.74) is 0.747. The van der Waals surface area contributed by atoms with E-state index in [2.05, 4.69) is 4.72 Å². The Hall–Kier alpha value is -0.430. The van der Waals surface area contributed by atoms with Crippen LogP contribution in [0, 0.1) is 5.92 Å². The van der Waals surface area contributed by atoms with Gasteiger partial charge in [0, 0.05) is 6.54 Å². The van der Waals surface area contributed by atoms with Gasteiger partial charge in [0.15, 0.2) is 0 Å². The van der Waals surface area contributed by atoms with Gasteiger partial charge in [-0.25, -0.2) is 13.1 Å². The standard InChI is InChI=1S/C10H17NO3S2/c1-8(2)7-16(13,14)11-5-10(12)9-3-4-15-6-9/h3-4,6,8,10-12H,5,7H2,1-2H3. The molecule has 92 valence electrons. The summed E-state index contributed by atoms with van der Waals surface area (Å²) in [6.45, 7) is 3.72. The van der Waals surface area contributed by atoms with Crippen molar-refractivity contribution in [1.82, 2.24) is 4.72 Å². The number of hydrogen-bond donors (Lipinski definition) is 2. The summed E-state index contributed by atoms with van der Waals surface area (Å²) in [4.78, 5) is 0. The maximum atomic E-state index is 11.5. The summed E-state index contributed by atoms with van der Waals surface area (Å²) in [5, 5.41) is 13.3. The maximum absolute atomic E-state index is 11.5. The van der Waals surface area contributed by atoms with Gasteiger partial charge < -0.3 is 5.11 Å². The van der Waals surface area contributed by atoms with E-state index in [-0.39, 0.29) is 18.2 Å². The fourth-order valence-electron chi connectivity index (χ4n) is 1.29. The molecule has 0 aliphatic carbocycles. The van der Waals surface area contributed by atoms with Crippen molar-refractivity contribution in [2.24, 2.45) is 5.92 Å². The monoisotopic (exact) mass is 263 g/mol. The maximum Gasteiger partial charge on any atom is 0.211 e. The Morgan fingerprint density at radius 1 is 1.50 bits per heavy atom. The first-order valence-corrected chi connectivity index (χ1v) is 7.67. The van der Waals surface area contributed by atoms with Crippen molar-refractivity contribution in [1.29, 1.82) is 0 Å². The Bertz CT molecular complexity index is 398. The van der Waals surface area contributed by atoms with Gasteiger partial charge in [-0.15, -0.1) is 0 Å². The van der Waals surface area contributed by atoms with Gasteiger partial charge >= 0.3 is 0 Å². The molecule has 0 aliphatic rings. The molecule has 1 heterocycles. The van der Waals surface area contributed by atoms with Crippen LogP contribution in [0.4, 0.5) is 0 Å². The third-order valence-corrected chi connectivity index (χ3v) is 4.39. The van der Waals surface area contributed by atoms with Gasteiger partial charge in [-0.2, -0.15) is 11.3 Å². The fraction of sp³-hybridized carbons (Fsp3) is 0.600. The number of hydrogen-bond acceptors (Lipinski definition) is 4. The van der Waals surface area contributed by atoms with Crippen LogP contribution in [0.5, 0.6) is 0 Å². The van der Waals surface area contributed by atoms with Gasteiger partial charge in [0.2, 0.25) is 10.0 Å². The molecule has 1 rings (SSSR count). The molecule has 1 atom stereocenters. The minimum Gasteiger partial charge on any atom is -0.387 e. The van der Waals surface area contributed by atoms with Crippen molar-refractivity contribution in [3.63, 3.8) is 0 Å². The second-order valence-electron chi connectivity index (χ2n) is 4.10. The van der Waals surface area contributed by atoms with Crippen molar-refractivity contribution in [3.8, 4) is 0 Å². The Morgan fingerprint density at radius 2 is 2.19 bits per heavy atom. The molecule has 0 radical (unpaired) electrons. The number of aliphatic hydroxyl groups excluding tert-OH is 1. The predicted octanol–water partition coefficient (Wildman–Crippen LogP) is 1.36. The normalized spacial score (nSPS) is 14.2. The minimum absolute atomic E-state index is 0.0335. The molecular weight excluding hydrogens is 246 g/mol. The molecule has 1 unspecified atom stereocenters. The first kappa shape index (κ1) is 13.6. The smallest absolute Gasteiger partial charge is 0.211 e. The molecule has 4 nitrogen and oxygen atoms in total. The quantitative estimate of drug-likeness (QED) is 0.814. The molecule has 0 bridgehead atoms. The average Bonchev–Trinajstić information content (AvgIpc) is 2.64. The molecular formula is C10H17NO3S2. The lowest BCUT2D eigenvalue weighted by Crippen LogP contribution is -2.32. The lowest BCUT2D eigenvalue weighted by molar-refractivity contribution is 0.182. The van der Waals surface area contributed by atoms with E-state index in [1.807, 2.05) is 19.2 Å². The average molecular weight is 263 g/mol. The molecule has 6 heteroatoms. The Balaban J connectivity index is 2.46. The van der Waals surface area contributed by atoms with E-state index in [1.54, 1.807) is 11.4 Å². The molecule has 0 saturated carbocycles. The minimum atomic E-state index is -3.27. The summed E-state index contributed by atoms with van der Waals surface area (Å²) in [5.74, 6) is 0.166. The van der Waals surface area contributed by atoms with Gasteiger partial charge in [0.1, 0.15) is 0 Å². The van der Waals surface area contributed by atoms with Crippen LogP contribution in [0.15, 0.2) is 16.8 Å². The van der Waals surface area contributed by atoms with E-state index in [0.29, 0.717) is 0 Å². The predicted molar refractivity (Wildman–Crippen MR) is 65.9 cm³/mol. The van der Waals surface area contributed by atoms with E-state index in [9.17, 15) is 13.5 Å². The zero-order valence-electron chi connectivity index (χ0n) is 9.38. The summed E-state index contributed by atoms with van der Waals surface area (Å²) in [6.07, 6.45) is -0.770. The van der Waals surface area contributed by atoms with E-state index in [4.69, 9.17) is 0 Å². The van der Waals surface area contributed by atoms with E-state index in [1.165, 1.54) is 11.3 Å². The number of thiophene rings is 1. The van der Waals surface area contributed by atoms with Crippen LogP contribution in [0.2, 0.25) is 0 Å². The van der Waals surface area contributed by atoms with Crippen LogP contribution in [-0.4, -0.2) is 25.8 Å². The SMILES string of the molecule is CC(C)CS(=O)(=O)NCC(O)c1ccsc1. The number of sulfonamides is 1. The molecule has 1 aromatic heterocycles.